The van der Waals surface area contributed by atoms with Gasteiger partial charge in [-0.1, -0.05) is 12.0 Å². The van der Waals surface area contributed by atoms with E-state index in [-0.39, 0.29) is 23.3 Å². The summed E-state index contributed by atoms with van der Waals surface area (Å²) >= 11 is 0. The first-order valence-corrected chi connectivity index (χ1v) is 9.86. The van der Waals surface area contributed by atoms with E-state index < -0.39 is 11.4 Å². The Morgan fingerprint density at radius 1 is 1.29 bits per heavy atom. The third-order valence-corrected chi connectivity index (χ3v) is 4.90. The molecule has 7 nitrogen and oxygen atoms in total. The van der Waals surface area contributed by atoms with Gasteiger partial charge in [0.1, 0.15) is 17.7 Å². The second-order valence-electron chi connectivity index (χ2n) is 8.37. The Hall–Kier alpha value is -3.73. The third-order valence-electron chi connectivity index (χ3n) is 4.90. The number of fused-ring (bicyclic) bond motifs is 1. The Kier molecular flexibility index (Phi) is 5.19. The molecule has 0 bridgehead atoms. The van der Waals surface area contributed by atoms with E-state index in [1.807, 2.05) is 26.8 Å². The highest BCUT2D eigenvalue weighted by molar-refractivity contribution is 5.90. The smallest absolute Gasteiger partial charge is 0.410 e. The largest absolute Gasteiger partial charge is 0.444 e. The molecule has 158 valence electrons. The topological polar surface area (TPSA) is 80.2 Å². The Labute approximate surface area is 179 Å². The fraction of sp³-hybridized carbons (Fsp3) is 0.304. The molecule has 1 amide bonds. The predicted octanol–water partition coefficient (Wildman–Crippen LogP) is 4.22. The van der Waals surface area contributed by atoms with Crippen LogP contribution in [0, 0.1) is 18.2 Å². The van der Waals surface area contributed by atoms with Gasteiger partial charge in [0.2, 0.25) is 0 Å². The number of likely N-dealkylation sites (tertiary alicyclic amines) is 1. The number of amides is 1. The standard InChI is InChI=1S/C23H22FN5O2/c1-5-14-7-6-8-17(20(14)24)28-21-16-9-18(25-10-19(16)26-13-27-21)15-11-29(12-15)22(30)31-23(2,3)4/h1,6-10,13,15H,11-12H2,2-4H3,(H,26,27,28). The van der Waals surface area contributed by atoms with Crippen LogP contribution < -0.4 is 5.32 Å². The lowest BCUT2D eigenvalue weighted by atomic mass is 9.95. The molecule has 3 aromatic rings. The number of pyridine rings is 1. The monoisotopic (exact) mass is 419 g/mol. The van der Waals surface area contributed by atoms with Crippen molar-refractivity contribution in [3.05, 3.63) is 53.9 Å². The lowest BCUT2D eigenvalue weighted by molar-refractivity contribution is 0.00789. The fourth-order valence-corrected chi connectivity index (χ4v) is 3.31. The minimum atomic E-state index is -0.534. The van der Waals surface area contributed by atoms with Crippen molar-refractivity contribution in [1.29, 1.82) is 0 Å². The van der Waals surface area contributed by atoms with Crippen LogP contribution in [0.2, 0.25) is 0 Å². The molecule has 2 aromatic heterocycles. The second kappa shape index (κ2) is 7.84. The molecule has 0 saturated carbocycles. The lowest BCUT2D eigenvalue weighted by Gasteiger charge is -2.39. The molecule has 1 aromatic carbocycles. The predicted molar refractivity (Wildman–Crippen MR) is 115 cm³/mol. The van der Waals surface area contributed by atoms with Crippen molar-refractivity contribution in [2.75, 3.05) is 18.4 Å². The molecule has 1 aliphatic heterocycles. The number of terminal acetylenes is 1. The number of hydrogen-bond acceptors (Lipinski definition) is 6. The molecule has 0 radical (unpaired) electrons. The molecular formula is C23H22FN5O2. The second-order valence-corrected chi connectivity index (χ2v) is 8.37. The van der Waals surface area contributed by atoms with Crippen molar-refractivity contribution in [3.8, 4) is 12.3 Å². The summed E-state index contributed by atoms with van der Waals surface area (Å²) in [6.45, 7) is 6.54. The Morgan fingerprint density at radius 2 is 2.06 bits per heavy atom. The molecule has 0 spiro atoms. The number of rotatable bonds is 3. The maximum absolute atomic E-state index is 14.6. The summed E-state index contributed by atoms with van der Waals surface area (Å²) in [7, 11) is 0. The molecule has 8 heteroatoms. The number of nitrogens with one attached hydrogen (secondary N) is 1. The van der Waals surface area contributed by atoms with E-state index in [4.69, 9.17) is 11.2 Å². The molecule has 0 unspecified atom stereocenters. The van der Waals surface area contributed by atoms with Gasteiger partial charge in [-0.25, -0.2) is 19.2 Å². The van der Waals surface area contributed by atoms with E-state index in [1.165, 1.54) is 12.4 Å². The van der Waals surface area contributed by atoms with E-state index in [1.54, 1.807) is 23.2 Å². The molecule has 3 heterocycles. The van der Waals surface area contributed by atoms with Crippen LogP contribution in [0.5, 0.6) is 0 Å². The number of hydrogen-bond donors (Lipinski definition) is 1. The van der Waals surface area contributed by atoms with Gasteiger partial charge in [0.05, 0.1) is 23.0 Å². The zero-order valence-electron chi connectivity index (χ0n) is 17.5. The molecule has 0 atom stereocenters. The summed E-state index contributed by atoms with van der Waals surface area (Å²) in [6, 6.07) is 6.68. The van der Waals surface area contributed by atoms with E-state index in [0.717, 1.165) is 5.69 Å². The van der Waals surface area contributed by atoms with Crippen molar-refractivity contribution >= 4 is 28.5 Å². The Balaban J connectivity index is 1.56. The van der Waals surface area contributed by atoms with Crippen molar-refractivity contribution in [1.82, 2.24) is 19.9 Å². The number of ether oxygens (including phenoxy) is 1. The first kappa shape index (κ1) is 20.5. The Bertz CT molecular complexity index is 1190. The van der Waals surface area contributed by atoms with Gasteiger partial charge in [-0.15, -0.1) is 6.42 Å². The zero-order chi connectivity index (χ0) is 22.2. The number of nitrogens with zero attached hydrogens (tertiary/aromatic N) is 4. The van der Waals surface area contributed by atoms with Gasteiger partial charge in [-0.3, -0.25) is 4.98 Å². The van der Waals surface area contributed by atoms with Gasteiger partial charge < -0.3 is 15.0 Å². The van der Waals surface area contributed by atoms with Gasteiger partial charge in [-0.05, 0) is 39.0 Å². The Morgan fingerprint density at radius 3 is 2.77 bits per heavy atom. The maximum atomic E-state index is 14.6. The van der Waals surface area contributed by atoms with Crippen LogP contribution in [-0.2, 0) is 4.74 Å². The zero-order valence-corrected chi connectivity index (χ0v) is 17.5. The number of halogens is 1. The van der Waals surface area contributed by atoms with E-state index in [9.17, 15) is 9.18 Å². The van der Waals surface area contributed by atoms with Crippen LogP contribution in [0.25, 0.3) is 10.9 Å². The van der Waals surface area contributed by atoms with Crippen LogP contribution in [0.3, 0.4) is 0 Å². The molecule has 1 aliphatic rings. The van der Waals surface area contributed by atoms with Gasteiger partial charge in [0, 0.05) is 30.1 Å². The molecule has 1 saturated heterocycles. The average Bonchev–Trinajstić information content (AvgIpc) is 2.67. The van der Waals surface area contributed by atoms with Crippen molar-refractivity contribution in [2.45, 2.75) is 32.3 Å². The summed E-state index contributed by atoms with van der Waals surface area (Å²) in [5.41, 5.74) is 1.30. The summed E-state index contributed by atoms with van der Waals surface area (Å²) in [5.74, 6) is 2.33. The first-order valence-electron chi connectivity index (χ1n) is 9.86. The normalized spacial score (nSPS) is 14.1. The summed E-state index contributed by atoms with van der Waals surface area (Å²) in [4.78, 5) is 26.8. The SMILES string of the molecule is C#Cc1cccc(Nc2ncnc3cnc(C4CN(C(=O)OC(C)(C)C)C4)cc23)c1F. The van der Waals surface area contributed by atoms with Crippen LogP contribution >= 0.6 is 0 Å². The van der Waals surface area contributed by atoms with Gasteiger partial charge >= 0.3 is 6.09 Å². The van der Waals surface area contributed by atoms with E-state index in [0.29, 0.717) is 29.8 Å². The maximum Gasteiger partial charge on any atom is 0.410 e. The molecule has 31 heavy (non-hydrogen) atoms. The van der Waals surface area contributed by atoms with Crippen LogP contribution in [0.4, 0.5) is 20.7 Å². The highest BCUT2D eigenvalue weighted by Crippen LogP contribution is 2.31. The third kappa shape index (κ3) is 4.26. The molecule has 0 aliphatic carbocycles. The minimum Gasteiger partial charge on any atom is -0.444 e. The van der Waals surface area contributed by atoms with E-state index in [2.05, 4.69) is 26.2 Å². The van der Waals surface area contributed by atoms with Crippen LogP contribution in [-0.4, -0.2) is 44.6 Å². The van der Waals surface area contributed by atoms with Gasteiger partial charge in [0.25, 0.3) is 0 Å². The number of carbonyl (C=O) groups excluding carboxylic acids is 1. The number of anilines is 2. The van der Waals surface area contributed by atoms with Crippen LogP contribution in [0.1, 0.15) is 37.9 Å². The first-order chi connectivity index (χ1) is 14.7. The minimum absolute atomic E-state index is 0.0754. The molecule has 4 rings (SSSR count). The van der Waals surface area contributed by atoms with Gasteiger partial charge in [-0.2, -0.15) is 0 Å². The number of carbonyl (C=O) groups is 1. The van der Waals surface area contributed by atoms with Crippen LogP contribution in [0.15, 0.2) is 36.8 Å². The number of benzene rings is 1. The highest BCUT2D eigenvalue weighted by atomic mass is 19.1. The van der Waals surface area contributed by atoms with Crippen molar-refractivity contribution < 1.29 is 13.9 Å². The summed E-state index contributed by atoms with van der Waals surface area (Å²) in [6.07, 6.45) is 8.07. The summed E-state index contributed by atoms with van der Waals surface area (Å²) < 4.78 is 20.0. The molecular weight excluding hydrogens is 397 g/mol. The lowest BCUT2D eigenvalue weighted by Crippen LogP contribution is -2.50. The van der Waals surface area contributed by atoms with E-state index >= 15 is 0 Å². The van der Waals surface area contributed by atoms with Crippen molar-refractivity contribution in [2.24, 2.45) is 0 Å². The molecule has 1 fully saturated rings. The fourth-order valence-electron chi connectivity index (χ4n) is 3.31. The summed E-state index contributed by atoms with van der Waals surface area (Å²) in [5, 5.41) is 3.71. The van der Waals surface area contributed by atoms with Crippen molar-refractivity contribution in [3.63, 3.8) is 0 Å². The number of aromatic nitrogens is 3. The quantitative estimate of drug-likeness (QED) is 0.640. The highest BCUT2D eigenvalue weighted by Gasteiger charge is 2.35. The van der Waals surface area contributed by atoms with Gasteiger partial charge in [0.15, 0.2) is 5.82 Å². The average molecular weight is 419 g/mol. The molecule has 1 N–H and O–H groups in total.